The molecule has 1 aromatic carbocycles. The average molecular weight is 430 g/mol. The molecule has 1 fully saturated rings. The minimum Gasteiger partial charge on any atom is -0.309 e. The fourth-order valence-electron chi connectivity index (χ4n) is 3.34. The van der Waals surface area contributed by atoms with Gasteiger partial charge in [-0.05, 0) is 39.3 Å². The Morgan fingerprint density at radius 1 is 1.27 bits per heavy atom. The third-order valence-electron chi connectivity index (χ3n) is 4.71. The zero-order valence-electron chi connectivity index (χ0n) is 18.2. The average Bonchev–Trinajstić information content (AvgIpc) is 3.18. The van der Waals surface area contributed by atoms with Crippen molar-refractivity contribution in [3.05, 3.63) is 35.8 Å². The fraction of sp³-hybridized carbons (Fsp3) is 0.476. The van der Waals surface area contributed by atoms with Gasteiger partial charge in [-0.25, -0.2) is 14.6 Å². The predicted octanol–water partition coefficient (Wildman–Crippen LogP) is 2.53. The summed E-state index contributed by atoms with van der Waals surface area (Å²) in [5.41, 5.74) is 9.69. The molecule has 1 saturated heterocycles. The Labute approximate surface area is 180 Å². The van der Waals surface area contributed by atoms with Gasteiger partial charge in [0.2, 0.25) is 5.95 Å². The summed E-state index contributed by atoms with van der Waals surface area (Å²) in [4.78, 5) is 14.2. The summed E-state index contributed by atoms with van der Waals surface area (Å²) in [6.45, 7) is 11.0. The van der Waals surface area contributed by atoms with Crippen molar-refractivity contribution in [2.24, 2.45) is 9.98 Å². The number of aliphatic imine (C=N–C) groups is 1. The van der Waals surface area contributed by atoms with Gasteiger partial charge in [0.25, 0.3) is 0 Å². The highest BCUT2D eigenvalue weighted by Gasteiger charge is 2.21. The molecular weight excluding hydrogens is 398 g/mol. The number of nitrogens with one attached hydrogen (secondary N) is 2. The van der Waals surface area contributed by atoms with Gasteiger partial charge in [-0.15, -0.1) is 0 Å². The van der Waals surface area contributed by atoms with Crippen LogP contribution in [0.4, 0.5) is 11.6 Å². The van der Waals surface area contributed by atoms with Crippen LogP contribution < -0.4 is 20.6 Å². The standard InChI is InChI=1S/C21H31N7OS/c1-5-22-20-15-19(25-21(27(20)7-3)24-16(4)26-23-6-2)17-10-8-11-18(14-17)28-12-9-13-30(28)29/h8,10-11,14-15,23H,5-7,9,12-13H2,1-4H3,(H,24,25,26). The Bertz CT molecular complexity index is 999. The van der Waals surface area contributed by atoms with Crippen molar-refractivity contribution in [2.45, 2.75) is 40.7 Å². The molecule has 162 valence electrons. The lowest BCUT2D eigenvalue weighted by Crippen LogP contribution is -2.35. The first-order valence-corrected chi connectivity index (χ1v) is 11.8. The summed E-state index contributed by atoms with van der Waals surface area (Å²) in [7, 11) is -0.951. The number of amidine groups is 1. The maximum Gasteiger partial charge on any atom is 0.233 e. The van der Waals surface area contributed by atoms with Gasteiger partial charge in [0.1, 0.15) is 22.3 Å². The molecule has 1 aliphatic rings. The highest BCUT2D eigenvalue weighted by atomic mass is 32.2. The first-order valence-electron chi connectivity index (χ1n) is 10.5. The number of hydrogen-bond acceptors (Lipinski definition) is 5. The number of hydrazine groups is 1. The van der Waals surface area contributed by atoms with E-state index in [1.165, 1.54) is 0 Å². The van der Waals surface area contributed by atoms with E-state index in [9.17, 15) is 4.21 Å². The van der Waals surface area contributed by atoms with Crippen molar-refractivity contribution in [1.29, 1.82) is 0 Å². The second kappa shape index (κ2) is 10.5. The van der Waals surface area contributed by atoms with Crippen LogP contribution in [-0.2, 0) is 17.5 Å². The van der Waals surface area contributed by atoms with Crippen molar-refractivity contribution < 1.29 is 4.21 Å². The maximum absolute atomic E-state index is 12.3. The molecular formula is C21H31N7OS. The monoisotopic (exact) mass is 429 g/mol. The van der Waals surface area contributed by atoms with E-state index in [1.807, 2.05) is 53.9 Å². The highest BCUT2D eigenvalue weighted by molar-refractivity contribution is 7.86. The normalized spacial score (nSPS) is 17.6. The summed E-state index contributed by atoms with van der Waals surface area (Å²) < 4.78 is 16.2. The molecule has 2 N–H and O–H groups in total. The summed E-state index contributed by atoms with van der Waals surface area (Å²) in [5, 5.41) is 0. The van der Waals surface area contributed by atoms with E-state index in [1.54, 1.807) is 0 Å². The number of hydrogen-bond donors (Lipinski definition) is 2. The molecule has 1 aromatic heterocycles. The first kappa shape index (κ1) is 22.2. The molecule has 8 nitrogen and oxygen atoms in total. The second-order valence-electron chi connectivity index (χ2n) is 6.90. The summed E-state index contributed by atoms with van der Waals surface area (Å²) in [5.74, 6) is 2.05. The van der Waals surface area contributed by atoms with E-state index >= 15 is 0 Å². The summed E-state index contributed by atoms with van der Waals surface area (Å²) >= 11 is 0. The molecule has 0 radical (unpaired) electrons. The molecule has 2 heterocycles. The van der Waals surface area contributed by atoms with Crippen molar-refractivity contribution in [1.82, 2.24) is 20.4 Å². The lowest BCUT2D eigenvalue weighted by molar-refractivity contribution is 0.671. The molecule has 2 aromatic rings. The molecule has 1 atom stereocenters. The van der Waals surface area contributed by atoms with E-state index < -0.39 is 11.0 Å². The van der Waals surface area contributed by atoms with Crippen LogP contribution in [0.15, 0.2) is 40.3 Å². The van der Waals surface area contributed by atoms with Crippen LogP contribution in [-0.4, -0.2) is 45.0 Å². The van der Waals surface area contributed by atoms with Crippen LogP contribution in [0.25, 0.3) is 11.3 Å². The van der Waals surface area contributed by atoms with E-state index in [0.717, 1.165) is 53.5 Å². The van der Waals surface area contributed by atoms with Crippen molar-refractivity contribution >= 4 is 28.5 Å². The highest BCUT2D eigenvalue weighted by Crippen LogP contribution is 2.27. The lowest BCUT2D eigenvalue weighted by atomic mass is 10.1. The van der Waals surface area contributed by atoms with Gasteiger partial charge in [0, 0.05) is 49.2 Å². The van der Waals surface area contributed by atoms with Crippen LogP contribution in [0.5, 0.6) is 0 Å². The third-order valence-corrected chi connectivity index (χ3v) is 6.23. The number of aromatic nitrogens is 2. The van der Waals surface area contributed by atoms with E-state index in [4.69, 9.17) is 4.98 Å². The number of anilines is 1. The molecule has 0 amide bonds. The van der Waals surface area contributed by atoms with E-state index in [0.29, 0.717) is 19.0 Å². The maximum atomic E-state index is 12.3. The molecule has 0 bridgehead atoms. The quantitative estimate of drug-likeness (QED) is 0.402. The Morgan fingerprint density at radius 2 is 2.10 bits per heavy atom. The van der Waals surface area contributed by atoms with Gasteiger partial charge >= 0.3 is 0 Å². The molecule has 30 heavy (non-hydrogen) atoms. The SMILES string of the molecule is CCN=c1cc(-c2cccc(N3CCCS3=O)c2)nc(/N=C(\C)NNCC)n1CC. The first-order chi connectivity index (χ1) is 14.6. The van der Waals surface area contributed by atoms with Crippen LogP contribution in [0, 0.1) is 0 Å². The van der Waals surface area contributed by atoms with Crippen LogP contribution in [0.3, 0.4) is 0 Å². The van der Waals surface area contributed by atoms with Gasteiger partial charge in [0.05, 0.1) is 5.69 Å². The Kier molecular flexibility index (Phi) is 7.75. The molecule has 0 spiro atoms. The number of benzene rings is 1. The van der Waals surface area contributed by atoms with E-state index in [2.05, 4.69) is 33.8 Å². The predicted molar refractivity (Wildman–Crippen MR) is 124 cm³/mol. The lowest BCUT2D eigenvalue weighted by Gasteiger charge is -2.17. The van der Waals surface area contributed by atoms with Crippen LogP contribution in [0.2, 0.25) is 0 Å². The van der Waals surface area contributed by atoms with E-state index in [-0.39, 0.29) is 0 Å². The largest absolute Gasteiger partial charge is 0.309 e. The minimum absolute atomic E-state index is 0.597. The second-order valence-corrected chi connectivity index (χ2v) is 8.39. The third kappa shape index (κ3) is 5.14. The smallest absolute Gasteiger partial charge is 0.233 e. The van der Waals surface area contributed by atoms with Gasteiger partial charge in [-0.1, -0.05) is 19.1 Å². The Balaban J connectivity index is 2.09. The molecule has 3 rings (SSSR count). The number of rotatable bonds is 7. The van der Waals surface area contributed by atoms with Crippen molar-refractivity contribution in [2.75, 3.05) is 29.7 Å². The van der Waals surface area contributed by atoms with Crippen LogP contribution >= 0.6 is 0 Å². The minimum atomic E-state index is -0.951. The molecule has 1 unspecified atom stereocenters. The van der Waals surface area contributed by atoms with Crippen LogP contribution in [0.1, 0.15) is 34.1 Å². The summed E-state index contributed by atoms with van der Waals surface area (Å²) in [6, 6.07) is 10.1. The van der Waals surface area contributed by atoms with Crippen molar-refractivity contribution in [3.8, 4) is 11.3 Å². The summed E-state index contributed by atoms with van der Waals surface area (Å²) in [6.07, 6.45) is 0.952. The zero-order valence-corrected chi connectivity index (χ0v) is 19.0. The number of nitrogens with zero attached hydrogens (tertiary/aromatic N) is 5. The molecule has 0 aliphatic carbocycles. The Hall–Kier alpha value is -2.52. The topological polar surface area (TPSA) is 86.9 Å². The molecule has 9 heteroatoms. The van der Waals surface area contributed by atoms with Gasteiger partial charge < -0.3 is 5.43 Å². The Morgan fingerprint density at radius 3 is 2.77 bits per heavy atom. The van der Waals surface area contributed by atoms with Crippen molar-refractivity contribution in [3.63, 3.8) is 0 Å². The molecule has 0 saturated carbocycles. The molecule has 1 aliphatic heterocycles. The fourth-order valence-corrected chi connectivity index (χ4v) is 4.62. The zero-order chi connectivity index (χ0) is 21.5. The van der Waals surface area contributed by atoms with Gasteiger partial charge in [0.15, 0.2) is 0 Å². The van der Waals surface area contributed by atoms with Gasteiger partial charge in [-0.3, -0.25) is 13.9 Å². The van der Waals surface area contributed by atoms with Gasteiger partial charge in [-0.2, -0.15) is 4.99 Å².